The predicted octanol–water partition coefficient (Wildman–Crippen LogP) is 1.85. The molecule has 0 amide bonds. The van der Waals surface area contributed by atoms with E-state index in [1.54, 1.807) is 0 Å². The van der Waals surface area contributed by atoms with E-state index in [0.717, 1.165) is 13.2 Å². The van der Waals surface area contributed by atoms with Crippen LogP contribution in [0.1, 0.15) is 27.7 Å². The Balaban J connectivity index is 3.60. The van der Waals surface area contributed by atoms with Crippen LogP contribution in [0.15, 0.2) is 0 Å². The predicted molar refractivity (Wildman–Crippen MR) is 53.0 cm³/mol. The summed E-state index contributed by atoms with van der Waals surface area (Å²) < 4.78 is 16.2. The third-order valence-electron chi connectivity index (χ3n) is 1.48. The molecule has 0 radical (unpaired) electrons. The van der Waals surface area contributed by atoms with Crippen molar-refractivity contribution in [3.05, 3.63) is 0 Å². The molecule has 0 aliphatic heterocycles. The minimum Gasteiger partial charge on any atom is -0.379 e. The monoisotopic (exact) mass is 190 g/mol. The molecule has 13 heavy (non-hydrogen) atoms. The molecule has 0 heterocycles. The smallest absolute Gasteiger partial charge is 0.104 e. The molecule has 0 saturated heterocycles. The van der Waals surface area contributed by atoms with Gasteiger partial charge in [0.25, 0.3) is 0 Å². The molecule has 80 valence electrons. The molecule has 3 heteroatoms. The van der Waals surface area contributed by atoms with Gasteiger partial charge in [-0.1, -0.05) is 0 Å². The van der Waals surface area contributed by atoms with Gasteiger partial charge in [-0.15, -0.1) is 0 Å². The van der Waals surface area contributed by atoms with Crippen molar-refractivity contribution in [3.63, 3.8) is 0 Å². The van der Waals surface area contributed by atoms with E-state index in [9.17, 15) is 0 Å². The molecule has 0 spiro atoms. The van der Waals surface area contributed by atoms with Crippen LogP contribution in [0.2, 0.25) is 0 Å². The van der Waals surface area contributed by atoms with Gasteiger partial charge in [0.15, 0.2) is 0 Å². The van der Waals surface area contributed by atoms with E-state index < -0.39 is 0 Å². The molecule has 0 atom stereocenters. The Hall–Kier alpha value is -0.120. The maximum atomic E-state index is 5.60. The van der Waals surface area contributed by atoms with Gasteiger partial charge in [-0.25, -0.2) is 0 Å². The average Bonchev–Trinajstić information content (AvgIpc) is 2.09. The minimum atomic E-state index is 0.0694. The van der Waals surface area contributed by atoms with Crippen LogP contribution in [0, 0.1) is 0 Å². The lowest BCUT2D eigenvalue weighted by Crippen LogP contribution is -2.28. The molecule has 0 aliphatic carbocycles. The SMILES string of the molecule is CCOCC(COCC)OC(C)C. The zero-order chi connectivity index (χ0) is 10.1. The van der Waals surface area contributed by atoms with Crippen LogP contribution in [-0.2, 0) is 14.2 Å². The topological polar surface area (TPSA) is 27.7 Å². The first-order chi connectivity index (χ1) is 6.20. The van der Waals surface area contributed by atoms with E-state index in [0.29, 0.717) is 13.2 Å². The molecule has 0 rings (SSSR count). The second kappa shape index (κ2) is 8.48. The summed E-state index contributed by atoms with van der Waals surface area (Å²) in [6, 6.07) is 0. The lowest BCUT2D eigenvalue weighted by Gasteiger charge is -2.19. The van der Waals surface area contributed by atoms with Gasteiger partial charge < -0.3 is 14.2 Å². The number of rotatable bonds is 8. The Morgan fingerprint density at radius 1 is 0.923 bits per heavy atom. The zero-order valence-electron chi connectivity index (χ0n) is 9.21. The zero-order valence-corrected chi connectivity index (χ0v) is 9.21. The summed E-state index contributed by atoms with van der Waals surface area (Å²) in [7, 11) is 0. The molecule has 0 N–H and O–H groups in total. The lowest BCUT2D eigenvalue weighted by atomic mass is 10.3. The van der Waals surface area contributed by atoms with Gasteiger partial charge in [-0.3, -0.25) is 0 Å². The highest BCUT2D eigenvalue weighted by Crippen LogP contribution is 2.00. The maximum absolute atomic E-state index is 5.60. The van der Waals surface area contributed by atoms with Crippen LogP contribution in [-0.4, -0.2) is 38.6 Å². The highest BCUT2D eigenvalue weighted by Gasteiger charge is 2.10. The first-order valence-electron chi connectivity index (χ1n) is 5.01. The van der Waals surface area contributed by atoms with E-state index in [1.165, 1.54) is 0 Å². The Labute approximate surface area is 81.4 Å². The molecule has 0 aromatic heterocycles. The highest BCUT2D eigenvalue weighted by molar-refractivity contribution is 4.56. The third kappa shape index (κ3) is 8.22. The summed E-state index contributed by atoms with van der Waals surface area (Å²) in [5.74, 6) is 0. The molecule has 0 aromatic carbocycles. The van der Waals surface area contributed by atoms with E-state index in [1.807, 2.05) is 27.7 Å². The Morgan fingerprint density at radius 2 is 1.38 bits per heavy atom. The van der Waals surface area contributed by atoms with E-state index in [-0.39, 0.29) is 12.2 Å². The average molecular weight is 190 g/mol. The van der Waals surface area contributed by atoms with Gasteiger partial charge in [0, 0.05) is 13.2 Å². The standard InChI is InChI=1S/C10H22O3/c1-5-11-7-10(8-12-6-2)13-9(3)4/h9-10H,5-8H2,1-4H3. The normalized spacial score (nSPS) is 11.5. The van der Waals surface area contributed by atoms with Gasteiger partial charge in [0.05, 0.1) is 19.3 Å². The van der Waals surface area contributed by atoms with E-state index in [2.05, 4.69) is 0 Å². The quantitative estimate of drug-likeness (QED) is 0.584. The Kier molecular flexibility index (Phi) is 8.40. The molecule has 0 aromatic rings. The minimum absolute atomic E-state index is 0.0694. The first-order valence-corrected chi connectivity index (χ1v) is 5.01. The summed E-state index contributed by atoms with van der Waals surface area (Å²) in [6.45, 7) is 10.7. The van der Waals surface area contributed by atoms with Crippen molar-refractivity contribution < 1.29 is 14.2 Å². The second-order valence-electron chi connectivity index (χ2n) is 3.13. The van der Waals surface area contributed by atoms with Gasteiger partial charge in [0.2, 0.25) is 0 Å². The van der Waals surface area contributed by atoms with Gasteiger partial charge in [-0.05, 0) is 27.7 Å². The Bertz CT molecular complexity index is 96.3. The maximum Gasteiger partial charge on any atom is 0.104 e. The van der Waals surface area contributed by atoms with Crippen molar-refractivity contribution in [2.75, 3.05) is 26.4 Å². The van der Waals surface area contributed by atoms with Crippen molar-refractivity contribution >= 4 is 0 Å². The third-order valence-corrected chi connectivity index (χ3v) is 1.48. The van der Waals surface area contributed by atoms with E-state index >= 15 is 0 Å². The van der Waals surface area contributed by atoms with Crippen molar-refractivity contribution in [1.29, 1.82) is 0 Å². The summed E-state index contributed by atoms with van der Waals surface area (Å²) in [6.07, 6.45) is 0.297. The van der Waals surface area contributed by atoms with Crippen LogP contribution >= 0.6 is 0 Å². The van der Waals surface area contributed by atoms with Crippen LogP contribution in [0.25, 0.3) is 0 Å². The van der Waals surface area contributed by atoms with Gasteiger partial charge in [-0.2, -0.15) is 0 Å². The fourth-order valence-electron chi connectivity index (χ4n) is 1.01. The summed E-state index contributed by atoms with van der Waals surface area (Å²) in [5, 5.41) is 0. The lowest BCUT2D eigenvalue weighted by molar-refractivity contribution is -0.0786. The summed E-state index contributed by atoms with van der Waals surface area (Å²) >= 11 is 0. The largest absolute Gasteiger partial charge is 0.379 e. The van der Waals surface area contributed by atoms with Crippen LogP contribution in [0.4, 0.5) is 0 Å². The number of hydrogen-bond acceptors (Lipinski definition) is 3. The fraction of sp³-hybridized carbons (Fsp3) is 1.00. The summed E-state index contributed by atoms with van der Waals surface area (Å²) in [5.41, 5.74) is 0. The second-order valence-corrected chi connectivity index (χ2v) is 3.13. The molecule has 0 fully saturated rings. The molecule has 3 nitrogen and oxygen atoms in total. The van der Waals surface area contributed by atoms with Crippen molar-refractivity contribution in [3.8, 4) is 0 Å². The number of hydrogen-bond donors (Lipinski definition) is 0. The molecule has 0 aliphatic rings. The van der Waals surface area contributed by atoms with Crippen LogP contribution in [0.3, 0.4) is 0 Å². The molecule has 0 unspecified atom stereocenters. The molecular formula is C10H22O3. The molecule has 0 bridgehead atoms. The molecule has 0 saturated carbocycles. The first kappa shape index (κ1) is 12.9. The van der Waals surface area contributed by atoms with Crippen molar-refractivity contribution in [1.82, 2.24) is 0 Å². The summed E-state index contributed by atoms with van der Waals surface area (Å²) in [4.78, 5) is 0. The molecular weight excluding hydrogens is 168 g/mol. The van der Waals surface area contributed by atoms with Crippen LogP contribution < -0.4 is 0 Å². The van der Waals surface area contributed by atoms with Gasteiger partial charge >= 0.3 is 0 Å². The van der Waals surface area contributed by atoms with Crippen molar-refractivity contribution in [2.24, 2.45) is 0 Å². The fourth-order valence-corrected chi connectivity index (χ4v) is 1.01. The highest BCUT2D eigenvalue weighted by atomic mass is 16.6. The van der Waals surface area contributed by atoms with Crippen LogP contribution in [0.5, 0.6) is 0 Å². The van der Waals surface area contributed by atoms with Gasteiger partial charge in [0.1, 0.15) is 6.10 Å². The van der Waals surface area contributed by atoms with Crippen molar-refractivity contribution in [2.45, 2.75) is 39.9 Å². The number of ether oxygens (including phenoxy) is 3. The Morgan fingerprint density at radius 3 is 1.69 bits per heavy atom. The van der Waals surface area contributed by atoms with E-state index in [4.69, 9.17) is 14.2 Å².